The first kappa shape index (κ1) is 16.8. The van der Waals surface area contributed by atoms with Gasteiger partial charge in [-0.25, -0.2) is 8.42 Å². The molecule has 1 atom stereocenters. The van der Waals surface area contributed by atoms with Gasteiger partial charge < -0.3 is 9.88 Å². The zero-order valence-corrected chi connectivity index (χ0v) is 15.0. The topological polar surface area (TPSA) is 94.0 Å². The van der Waals surface area contributed by atoms with Gasteiger partial charge in [0.25, 0.3) is 0 Å². The van der Waals surface area contributed by atoms with Crippen LogP contribution in [0.15, 0.2) is 5.16 Å². The molecule has 2 heterocycles. The van der Waals surface area contributed by atoms with Crippen molar-refractivity contribution >= 4 is 27.5 Å². The van der Waals surface area contributed by atoms with E-state index in [-0.39, 0.29) is 23.2 Å². The van der Waals surface area contributed by atoms with Crippen LogP contribution in [0, 0.1) is 0 Å². The molecule has 2 fully saturated rings. The number of thioether (sulfide) groups is 1. The van der Waals surface area contributed by atoms with Crippen LogP contribution in [0.25, 0.3) is 0 Å². The van der Waals surface area contributed by atoms with Crippen LogP contribution in [0.4, 0.5) is 0 Å². The molecule has 0 radical (unpaired) electrons. The van der Waals surface area contributed by atoms with E-state index in [1.807, 2.05) is 6.92 Å². The van der Waals surface area contributed by atoms with Gasteiger partial charge in [0.1, 0.15) is 5.82 Å². The van der Waals surface area contributed by atoms with Crippen molar-refractivity contribution in [2.75, 3.05) is 17.3 Å². The zero-order valence-electron chi connectivity index (χ0n) is 13.4. The Morgan fingerprint density at radius 3 is 2.74 bits per heavy atom. The Bertz CT molecular complexity index is 712. The third-order valence-corrected chi connectivity index (χ3v) is 7.15. The van der Waals surface area contributed by atoms with E-state index in [0.29, 0.717) is 12.3 Å². The highest BCUT2D eigenvalue weighted by Gasteiger charge is 2.39. The Balaban J connectivity index is 1.57. The lowest BCUT2D eigenvalue weighted by molar-refractivity contribution is -0.120. The van der Waals surface area contributed by atoms with Crippen LogP contribution in [0.2, 0.25) is 0 Å². The summed E-state index contributed by atoms with van der Waals surface area (Å²) in [7, 11) is -3.02. The summed E-state index contributed by atoms with van der Waals surface area (Å²) in [4.78, 5) is 12.2. The lowest BCUT2D eigenvalue weighted by Gasteiger charge is -2.23. The second kappa shape index (κ2) is 6.08. The van der Waals surface area contributed by atoms with Crippen LogP contribution in [-0.4, -0.2) is 51.9 Å². The van der Waals surface area contributed by atoms with E-state index in [4.69, 9.17) is 0 Å². The van der Waals surface area contributed by atoms with Crippen molar-refractivity contribution in [2.45, 2.75) is 56.3 Å². The van der Waals surface area contributed by atoms with Crippen molar-refractivity contribution in [3.05, 3.63) is 5.82 Å². The van der Waals surface area contributed by atoms with Crippen LogP contribution in [0.5, 0.6) is 0 Å². The molecule has 23 heavy (non-hydrogen) atoms. The number of amides is 1. The maximum Gasteiger partial charge on any atom is 0.230 e. The first-order valence-electron chi connectivity index (χ1n) is 7.89. The van der Waals surface area contributed by atoms with Crippen molar-refractivity contribution in [3.8, 4) is 0 Å². The molecule has 1 aromatic rings. The molecule has 3 rings (SSSR count). The average molecular weight is 358 g/mol. The van der Waals surface area contributed by atoms with Crippen molar-refractivity contribution < 1.29 is 13.2 Å². The summed E-state index contributed by atoms with van der Waals surface area (Å²) in [6, 6.07) is 0. The minimum atomic E-state index is -3.02. The molecule has 1 unspecified atom stereocenters. The molecular weight excluding hydrogens is 336 g/mol. The second-order valence-electron chi connectivity index (χ2n) is 6.60. The molecule has 1 aliphatic heterocycles. The lowest BCUT2D eigenvalue weighted by atomic mass is 10.0. The number of rotatable bonds is 6. The van der Waals surface area contributed by atoms with E-state index < -0.39 is 15.4 Å². The molecule has 1 aliphatic carbocycles. The number of hydrogen-bond donors (Lipinski definition) is 1. The third kappa shape index (κ3) is 3.88. The summed E-state index contributed by atoms with van der Waals surface area (Å²) >= 11 is 1.36. The number of sulfone groups is 1. The fourth-order valence-electron chi connectivity index (χ4n) is 2.96. The van der Waals surface area contributed by atoms with Crippen LogP contribution < -0.4 is 5.32 Å². The molecule has 1 N–H and O–H groups in total. The van der Waals surface area contributed by atoms with Gasteiger partial charge in [0.05, 0.1) is 22.8 Å². The van der Waals surface area contributed by atoms with E-state index in [1.165, 1.54) is 11.8 Å². The fourth-order valence-corrected chi connectivity index (χ4v) is 5.86. The molecule has 1 amide bonds. The van der Waals surface area contributed by atoms with Gasteiger partial charge in [-0.1, -0.05) is 11.8 Å². The summed E-state index contributed by atoms with van der Waals surface area (Å²) in [5.74, 6) is 1.77. The minimum Gasteiger partial charge on any atom is -0.349 e. The van der Waals surface area contributed by atoms with Gasteiger partial charge in [-0.3, -0.25) is 4.79 Å². The molecule has 128 valence electrons. The maximum absolute atomic E-state index is 12.2. The number of aromatic nitrogens is 3. The summed E-state index contributed by atoms with van der Waals surface area (Å²) in [5.41, 5.74) is -0.645. The van der Waals surface area contributed by atoms with Gasteiger partial charge in [-0.05, 0) is 33.1 Å². The van der Waals surface area contributed by atoms with Gasteiger partial charge in [-0.15, -0.1) is 10.2 Å². The molecule has 7 nitrogen and oxygen atoms in total. The Kier molecular flexibility index (Phi) is 4.43. The zero-order chi connectivity index (χ0) is 16.7. The van der Waals surface area contributed by atoms with Crippen LogP contribution in [0.3, 0.4) is 0 Å². The molecule has 0 aromatic carbocycles. The largest absolute Gasteiger partial charge is 0.349 e. The van der Waals surface area contributed by atoms with Crippen molar-refractivity contribution in [3.63, 3.8) is 0 Å². The SMILES string of the molecule is CCn1c(SCC(=O)NC2(C)CCS(=O)(=O)C2)nnc1C1CC1. The normalized spacial score (nSPS) is 26.3. The monoisotopic (exact) mass is 358 g/mol. The summed E-state index contributed by atoms with van der Waals surface area (Å²) in [6.07, 6.45) is 2.80. The number of hydrogen-bond acceptors (Lipinski definition) is 6. The second-order valence-corrected chi connectivity index (χ2v) is 9.73. The highest BCUT2D eigenvalue weighted by molar-refractivity contribution is 7.99. The van der Waals surface area contributed by atoms with Gasteiger partial charge >= 0.3 is 0 Å². The molecule has 2 aliphatic rings. The number of nitrogens with zero attached hydrogens (tertiary/aromatic N) is 3. The van der Waals surface area contributed by atoms with E-state index in [2.05, 4.69) is 20.1 Å². The Morgan fingerprint density at radius 2 is 2.17 bits per heavy atom. The van der Waals surface area contributed by atoms with E-state index >= 15 is 0 Å². The molecule has 1 saturated heterocycles. The van der Waals surface area contributed by atoms with Crippen LogP contribution in [-0.2, 0) is 21.2 Å². The van der Waals surface area contributed by atoms with Crippen molar-refractivity contribution in [1.82, 2.24) is 20.1 Å². The molecule has 0 spiro atoms. The van der Waals surface area contributed by atoms with Crippen LogP contribution in [0.1, 0.15) is 44.9 Å². The van der Waals surface area contributed by atoms with Crippen molar-refractivity contribution in [1.29, 1.82) is 0 Å². The first-order chi connectivity index (χ1) is 10.8. The minimum absolute atomic E-state index is 0.0212. The first-order valence-corrected chi connectivity index (χ1v) is 10.7. The lowest BCUT2D eigenvalue weighted by Crippen LogP contribution is -2.47. The molecule has 1 aromatic heterocycles. The molecule has 9 heteroatoms. The summed E-state index contributed by atoms with van der Waals surface area (Å²) < 4.78 is 25.2. The van der Waals surface area contributed by atoms with E-state index in [0.717, 1.165) is 30.4 Å². The molecule has 1 saturated carbocycles. The quantitative estimate of drug-likeness (QED) is 0.761. The predicted molar refractivity (Wildman–Crippen MR) is 88.2 cm³/mol. The highest BCUT2D eigenvalue weighted by atomic mass is 32.2. The molecule has 0 bridgehead atoms. The van der Waals surface area contributed by atoms with Crippen molar-refractivity contribution in [2.24, 2.45) is 0 Å². The van der Waals surface area contributed by atoms with Gasteiger partial charge in [0, 0.05) is 12.5 Å². The number of nitrogens with one attached hydrogen (secondary N) is 1. The number of carbonyl (C=O) groups is 1. The fraction of sp³-hybridized carbons (Fsp3) is 0.786. The Labute approximate surface area is 140 Å². The summed E-state index contributed by atoms with van der Waals surface area (Å²) in [5, 5.41) is 12.1. The standard InChI is InChI=1S/C14H22N4O3S2/c1-3-18-12(10-4-5-10)16-17-13(18)22-8-11(19)15-14(2)6-7-23(20,21)9-14/h10H,3-9H2,1-2H3,(H,15,19). The van der Waals surface area contributed by atoms with Gasteiger partial charge in [-0.2, -0.15) is 0 Å². The number of carbonyl (C=O) groups excluding carboxylic acids is 1. The van der Waals surface area contributed by atoms with Crippen LogP contribution >= 0.6 is 11.8 Å². The Morgan fingerprint density at radius 1 is 1.43 bits per heavy atom. The maximum atomic E-state index is 12.2. The average Bonchev–Trinajstić information content (AvgIpc) is 3.16. The molecular formula is C14H22N4O3S2. The highest BCUT2D eigenvalue weighted by Crippen LogP contribution is 2.39. The Hall–Kier alpha value is -1.09. The smallest absolute Gasteiger partial charge is 0.230 e. The third-order valence-electron chi connectivity index (χ3n) is 4.28. The summed E-state index contributed by atoms with van der Waals surface area (Å²) in [6.45, 7) is 4.63. The van der Waals surface area contributed by atoms with E-state index in [9.17, 15) is 13.2 Å². The van der Waals surface area contributed by atoms with Gasteiger partial charge in [0.15, 0.2) is 15.0 Å². The van der Waals surface area contributed by atoms with E-state index in [1.54, 1.807) is 6.92 Å². The van der Waals surface area contributed by atoms with Gasteiger partial charge in [0.2, 0.25) is 5.91 Å². The predicted octanol–water partition coefficient (Wildman–Crippen LogP) is 0.961.